The molecule has 2 bridgehead atoms. The van der Waals surface area contributed by atoms with Crippen LogP contribution in [-0.2, 0) is 47.7 Å². The minimum Gasteiger partial charge on any atom is -0.460 e. The fraction of sp³-hybridized carbons (Fsp3) is 0.776. The Labute approximate surface area is 375 Å². The molecule has 0 aromatic rings. The highest BCUT2D eigenvalue weighted by molar-refractivity contribution is 6.39. The van der Waals surface area contributed by atoms with Gasteiger partial charge in [-0.1, -0.05) is 58.1 Å². The van der Waals surface area contributed by atoms with E-state index in [1.54, 1.807) is 41.1 Å². The van der Waals surface area contributed by atoms with E-state index in [-0.39, 0.29) is 55.0 Å². The van der Waals surface area contributed by atoms with Gasteiger partial charge in [-0.3, -0.25) is 19.2 Å². The first-order chi connectivity index (χ1) is 29.9. The van der Waals surface area contributed by atoms with Gasteiger partial charge >= 0.3 is 5.97 Å². The monoisotopic (exact) mass is 888 g/mol. The van der Waals surface area contributed by atoms with E-state index in [1.165, 1.54) is 12.0 Å². The maximum absolute atomic E-state index is 14.3. The normalized spacial score (nSPS) is 39.4. The number of allylic oxidation sites excluding steroid dienone is 4. The van der Waals surface area contributed by atoms with Gasteiger partial charge in [0.1, 0.15) is 30.1 Å². The number of ether oxygens (including phenoxy) is 5. The Morgan fingerprint density at radius 3 is 2.27 bits per heavy atom. The third kappa shape index (κ3) is 14.2. The molecule has 3 heterocycles. The molecule has 3 aliphatic heterocycles. The largest absolute Gasteiger partial charge is 0.460 e. The van der Waals surface area contributed by atoms with E-state index < -0.39 is 77.8 Å². The van der Waals surface area contributed by atoms with Gasteiger partial charge in [-0.25, -0.2) is 4.79 Å². The lowest BCUT2D eigenvalue weighted by atomic mass is 9.78. The van der Waals surface area contributed by atoms with Crippen LogP contribution in [0.1, 0.15) is 131 Å². The molecule has 4 rings (SSSR count). The molecule has 0 radical (unpaired) electrons. The molecule has 14 heteroatoms. The number of Topliss-reactive ketones (excluding diaryl/α,β-unsaturated/α-hetero) is 3. The fourth-order valence-electron chi connectivity index (χ4n) is 9.70. The molecule has 1 aliphatic carbocycles. The molecule has 63 heavy (non-hydrogen) atoms. The van der Waals surface area contributed by atoms with Gasteiger partial charge in [0.25, 0.3) is 11.7 Å². The highest BCUT2D eigenvalue weighted by atomic mass is 16.6. The standard InChI is InChI=1S/C49H77NO13/c1-30-17-13-11-9-10-12-14-18-36(59-6)28-37-22-20-34(5)49(58,63-37)46(55)47(56)50-24-16-15-19-38(50)48(57)62-41(32(3)26-35-21-23-39(51)42(27-35)60-7)29-40(52)31(2)25-33(4)44(54)45(61-8)43(30)53/h9,11,14,18,25,30-32,34-39,41-42,44-45,51,54,58H,10,12-13,15-17,19-24,26-29H2,1-8H3/b11-9-,18-14-,33-25-/t30-,31-,32-,34-,35-,36-,37+,38+,39-,41+,42-,44-,45+,49-/m1/s1. The Hall–Kier alpha value is -3.11. The molecule has 14 atom stereocenters. The van der Waals surface area contributed by atoms with Crippen molar-refractivity contribution < 1.29 is 63.0 Å². The van der Waals surface area contributed by atoms with Gasteiger partial charge in [-0.15, -0.1) is 0 Å². The van der Waals surface area contributed by atoms with Crippen molar-refractivity contribution >= 4 is 29.2 Å². The zero-order chi connectivity index (χ0) is 46.4. The Morgan fingerprint density at radius 2 is 1.57 bits per heavy atom. The molecular weight excluding hydrogens is 811 g/mol. The summed E-state index contributed by atoms with van der Waals surface area (Å²) < 4.78 is 29.1. The van der Waals surface area contributed by atoms with Gasteiger partial charge in [-0.2, -0.15) is 0 Å². The van der Waals surface area contributed by atoms with Crippen LogP contribution in [0.3, 0.4) is 0 Å². The number of hydrogen-bond donors (Lipinski definition) is 3. The minimum absolute atomic E-state index is 0.0963. The molecule has 1 saturated carbocycles. The number of aliphatic hydroxyl groups excluding tert-OH is 2. The average molecular weight is 888 g/mol. The Balaban J connectivity index is 1.66. The number of cyclic esters (lactones) is 1. The van der Waals surface area contributed by atoms with Crippen LogP contribution in [0.25, 0.3) is 0 Å². The van der Waals surface area contributed by atoms with E-state index in [9.17, 15) is 39.3 Å². The molecule has 0 spiro atoms. The zero-order valence-corrected chi connectivity index (χ0v) is 39.1. The number of piperidine rings is 1. The maximum Gasteiger partial charge on any atom is 0.329 e. The SMILES string of the molecule is CO[C@@H]1/C=C\CC/C=C\CC[C@@H](C)C(=O)[C@H](OC)[C@H](O)/C(C)=C\[C@@H](C)C(=O)C[C@@H]([C@H](C)C[C@H]2CC[C@@H](O)[C@H](OC)C2)OC(=O)[C@@H]2CCCCN2C(=O)C(=O)[C@]2(O)O[C@@H](CC[C@H]2C)C1. The molecule has 1 amide bonds. The second-order valence-electron chi connectivity index (χ2n) is 18.8. The van der Waals surface area contributed by atoms with Gasteiger partial charge in [-0.05, 0) is 108 Å². The summed E-state index contributed by atoms with van der Waals surface area (Å²) in [5.74, 6) is -7.81. The van der Waals surface area contributed by atoms with E-state index in [0.717, 1.165) is 19.3 Å². The molecule has 2 saturated heterocycles. The van der Waals surface area contributed by atoms with Crippen molar-refractivity contribution in [2.24, 2.45) is 29.6 Å². The number of fused-ring (bicyclic) bond motifs is 3. The summed E-state index contributed by atoms with van der Waals surface area (Å²) in [6.45, 7) is 8.84. The van der Waals surface area contributed by atoms with E-state index >= 15 is 0 Å². The van der Waals surface area contributed by atoms with Crippen LogP contribution >= 0.6 is 0 Å². The number of amides is 1. The van der Waals surface area contributed by atoms with Gasteiger partial charge < -0.3 is 43.9 Å². The average Bonchev–Trinajstić information content (AvgIpc) is 3.27. The fourth-order valence-corrected chi connectivity index (χ4v) is 9.70. The third-order valence-electron chi connectivity index (χ3n) is 14.0. The van der Waals surface area contributed by atoms with Crippen LogP contribution in [-0.4, -0.2) is 132 Å². The zero-order valence-electron chi connectivity index (χ0n) is 39.1. The molecule has 0 aromatic heterocycles. The lowest BCUT2D eigenvalue weighted by molar-refractivity contribution is -0.265. The summed E-state index contributed by atoms with van der Waals surface area (Å²) in [6.07, 6.45) is 12.1. The number of nitrogens with zero attached hydrogens (tertiary/aromatic N) is 1. The second kappa shape index (κ2) is 25.0. The number of carbonyl (C=O) groups is 5. The van der Waals surface area contributed by atoms with E-state index in [2.05, 4.69) is 6.08 Å². The first-order valence-electron chi connectivity index (χ1n) is 23.4. The molecule has 4 aliphatic rings. The number of esters is 1. The van der Waals surface area contributed by atoms with Crippen LogP contribution < -0.4 is 0 Å². The maximum atomic E-state index is 14.3. The van der Waals surface area contributed by atoms with Crippen molar-refractivity contribution in [2.45, 2.75) is 185 Å². The summed E-state index contributed by atoms with van der Waals surface area (Å²) in [5.41, 5.74) is 0.397. The summed E-state index contributed by atoms with van der Waals surface area (Å²) >= 11 is 0. The van der Waals surface area contributed by atoms with Crippen molar-refractivity contribution in [3.63, 3.8) is 0 Å². The van der Waals surface area contributed by atoms with E-state index in [4.69, 9.17) is 23.7 Å². The predicted octanol–water partition coefficient (Wildman–Crippen LogP) is 5.77. The second-order valence-corrected chi connectivity index (χ2v) is 18.8. The van der Waals surface area contributed by atoms with Crippen molar-refractivity contribution in [2.75, 3.05) is 27.9 Å². The van der Waals surface area contributed by atoms with Gasteiger partial charge in [0, 0.05) is 58.5 Å². The molecular formula is C49H77NO13. The van der Waals surface area contributed by atoms with Crippen molar-refractivity contribution in [3.8, 4) is 0 Å². The minimum atomic E-state index is -2.40. The highest BCUT2D eigenvalue weighted by Gasteiger charge is 2.53. The molecule has 14 nitrogen and oxygen atoms in total. The Bertz CT molecular complexity index is 1630. The number of methoxy groups -OCH3 is 3. The quantitative estimate of drug-likeness (QED) is 0.166. The summed E-state index contributed by atoms with van der Waals surface area (Å²) in [4.78, 5) is 71.4. The first kappa shape index (κ1) is 52.5. The number of rotatable bonds is 6. The summed E-state index contributed by atoms with van der Waals surface area (Å²) in [7, 11) is 4.53. The molecule has 0 aromatic carbocycles. The lowest BCUT2D eigenvalue weighted by Gasteiger charge is -2.42. The van der Waals surface area contributed by atoms with Crippen LogP contribution in [0.2, 0.25) is 0 Å². The number of hydrogen-bond acceptors (Lipinski definition) is 13. The summed E-state index contributed by atoms with van der Waals surface area (Å²) in [5, 5.41) is 33.7. The van der Waals surface area contributed by atoms with Gasteiger partial charge in [0.15, 0.2) is 5.78 Å². The Morgan fingerprint density at radius 1 is 0.857 bits per heavy atom. The third-order valence-corrected chi connectivity index (χ3v) is 14.0. The smallest absolute Gasteiger partial charge is 0.329 e. The van der Waals surface area contributed by atoms with Crippen LogP contribution in [0.5, 0.6) is 0 Å². The number of carbonyl (C=O) groups excluding carboxylic acids is 5. The van der Waals surface area contributed by atoms with E-state index in [1.807, 2.05) is 32.1 Å². The Kier molecular flexibility index (Phi) is 20.8. The molecule has 0 unspecified atom stereocenters. The predicted molar refractivity (Wildman–Crippen MR) is 236 cm³/mol. The highest BCUT2D eigenvalue weighted by Crippen LogP contribution is 2.37. The van der Waals surface area contributed by atoms with Crippen molar-refractivity contribution in [1.82, 2.24) is 4.90 Å². The first-order valence-corrected chi connectivity index (χ1v) is 23.4. The number of aliphatic hydroxyl groups is 3. The van der Waals surface area contributed by atoms with Gasteiger partial charge in [0.05, 0.1) is 24.4 Å². The molecule has 3 N–H and O–H groups in total. The van der Waals surface area contributed by atoms with Crippen LogP contribution in [0.4, 0.5) is 0 Å². The lowest BCUT2D eigenvalue weighted by Crippen LogP contribution is -2.60. The molecule has 3 fully saturated rings. The van der Waals surface area contributed by atoms with E-state index in [0.29, 0.717) is 69.8 Å². The topological polar surface area (TPSA) is 195 Å². The van der Waals surface area contributed by atoms with Crippen molar-refractivity contribution in [3.05, 3.63) is 36.0 Å². The van der Waals surface area contributed by atoms with Crippen molar-refractivity contribution in [1.29, 1.82) is 0 Å². The number of ketones is 3. The van der Waals surface area contributed by atoms with Crippen LogP contribution in [0.15, 0.2) is 36.0 Å². The molecule has 356 valence electrons. The summed E-state index contributed by atoms with van der Waals surface area (Å²) in [6, 6.07) is -1.13. The van der Waals surface area contributed by atoms with Crippen LogP contribution in [0, 0.1) is 29.6 Å². The van der Waals surface area contributed by atoms with Gasteiger partial charge in [0.2, 0.25) is 5.79 Å².